The molecule has 0 N–H and O–H groups in total. The van der Waals surface area contributed by atoms with Crippen molar-refractivity contribution in [2.45, 2.75) is 39.2 Å². The second-order valence-corrected chi connectivity index (χ2v) is 8.03. The molecule has 0 unspecified atom stereocenters. The van der Waals surface area contributed by atoms with Crippen LogP contribution in [0.25, 0.3) is 10.8 Å². The van der Waals surface area contributed by atoms with E-state index in [9.17, 15) is 9.59 Å². The summed E-state index contributed by atoms with van der Waals surface area (Å²) in [6.07, 6.45) is 1.92. The second-order valence-electron chi connectivity index (χ2n) is 8.03. The van der Waals surface area contributed by atoms with Crippen molar-refractivity contribution in [2.24, 2.45) is 5.41 Å². The van der Waals surface area contributed by atoms with E-state index in [2.05, 4.69) is 12.6 Å². The molecule has 0 radical (unpaired) electrons. The summed E-state index contributed by atoms with van der Waals surface area (Å²) in [5.41, 5.74) is -0.509. The molecule has 1 saturated heterocycles. The van der Waals surface area contributed by atoms with Gasteiger partial charge in [0.2, 0.25) is 0 Å². The number of amides is 1. The number of nitrogens with zero attached hydrogens (tertiary/aromatic N) is 1. The molecule has 1 aliphatic rings. The number of benzene rings is 2. The minimum Gasteiger partial charge on any atom is -0.442 e. The number of hydrogen-bond donors (Lipinski definition) is 0. The van der Waals surface area contributed by atoms with E-state index in [-0.39, 0.29) is 6.54 Å². The van der Waals surface area contributed by atoms with Gasteiger partial charge in [-0.25, -0.2) is 9.59 Å². The predicted octanol–water partition coefficient (Wildman–Crippen LogP) is 4.65. The number of rotatable bonds is 4. The Hall–Kier alpha value is -2.82. The lowest BCUT2D eigenvalue weighted by Crippen LogP contribution is -2.37. The van der Waals surface area contributed by atoms with Crippen LogP contribution in [0.3, 0.4) is 0 Å². The van der Waals surface area contributed by atoms with Gasteiger partial charge in [0.1, 0.15) is 5.60 Å². The molecule has 5 nitrogen and oxygen atoms in total. The molecule has 142 valence electrons. The number of hydroxylamine groups is 2. The van der Waals surface area contributed by atoms with Crippen LogP contribution in [0.2, 0.25) is 0 Å². The molecule has 0 bridgehead atoms. The molecule has 1 atom stereocenters. The van der Waals surface area contributed by atoms with Crippen LogP contribution in [0, 0.1) is 5.41 Å². The highest BCUT2D eigenvalue weighted by Crippen LogP contribution is 2.37. The summed E-state index contributed by atoms with van der Waals surface area (Å²) in [6, 6.07) is 14.2. The van der Waals surface area contributed by atoms with Gasteiger partial charge in [-0.15, -0.1) is 11.6 Å². The summed E-state index contributed by atoms with van der Waals surface area (Å²) < 4.78 is 5.33. The minimum atomic E-state index is -0.860. The zero-order valence-corrected chi connectivity index (χ0v) is 16.0. The van der Waals surface area contributed by atoms with Crippen molar-refractivity contribution in [1.29, 1.82) is 0 Å². The van der Waals surface area contributed by atoms with Crippen molar-refractivity contribution in [3.63, 3.8) is 0 Å². The first-order chi connectivity index (χ1) is 12.7. The van der Waals surface area contributed by atoms with Crippen molar-refractivity contribution < 1.29 is 19.2 Å². The van der Waals surface area contributed by atoms with Gasteiger partial charge in [0.15, 0.2) is 0 Å². The first-order valence-electron chi connectivity index (χ1n) is 9.04. The van der Waals surface area contributed by atoms with Gasteiger partial charge in [0.05, 0.1) is 12.0 Å². The number of carbonyl (C=O) groups is 2. The van der Waals surface area contributed by atoms with E-state index in [1.54, 1.807) is 26.8 Å². The SMILES string of the molecule is C=CC[C@]1(Cc2ccc3ccccc3c2)CN(C(=O)OC(C)(C)C)OC1=O. The maximum Gasteiger partial charge on any atom is 0.443 e. The highest BCUT2D eigenvalue weighted by Gasteiger charge is 2.50. The van der Waals surface area contributed by atoms with Gasteiger partial charge in [-0.1, -0.05) is 48.5 Å². The van der Waals surface area contributed by atoms with Crippen molar-refractivity contribution in [2.75, 3.05) is 6.54 Å². The smallest absolute Gasteiger partial charge is 0.442 e. The summed E-state index contributed by atoms with van der Waals surface area (Å²) in [6.45, 7) is 9.24. The predicted molar refractivity (Wildman–Crippen MR) is 104 cm³/mol. The molecular weight excluding hydrogens is 342 g/mol. The number of ether oxygens (including phenoxy) is 1. The number of hydrogen-bond acceptors (Lipinski definition) is 4. The van der Waals surface area contributed by atoms with Crippen molar-refractivity contribution in [1.82, 2.24) is 5.06 Å². The average molecular weight is 367 g/mol. The highest BCUT2D eigenvalue weighted by molar-refractivity contribution is 5.85. The molecule has 3 rings (SSSR count). The normalized spacial score (nSPS) is 19.8. The molecule has 1 aliphatic heterocycles. The van der Waals surface area contributed by atoms with Gasteiger partial charge in [-0.05, 0) is 49.9 Å². The third-order valence-electron chi connectivity index (χ3n) is 4.56. The third-order valence-corrected chi connectivity index (χ3v) is 4.56. The van der Waals surface area contributed by atoms with Crippen LogP contribution in [0.4, 0.5) is 4.79 Å². The Labute approximate surface area is 159 Å². The van der Waals surface area contributed by atoms with Crippen molar-refractivity contribution in [3.05, 3.63) is 60.7 Å². The molecule has 1 heterocycles. The lowest BCUT2D eigenvalue weighted by atomic mass is 9.79. The summed E-state index contributed by atoms with van der Waals surface area (Å²) >= 11 is 0. The van der Waals surface area contributed by atoms with E-state index >= 15 is 0 Å². The van der Waals surface area contributed by atoms with Crippen LogP contribution >= 0.6 is 0 Å². The Morgan fingerprint density at radius 2 is 1.96 bits per heavy atom. The largest absolute Gasteiger partial charge is 0.443 e. The van der Waals surface area contributed by atoms with E-state index in [1.807, 2.05) is 36.4 Å². The van der Waals surface area contributed by atoms with E-state index in [1.165, 1.54) is 0 Å². The fraction of sp³-hybridized carbons (Fsp3) is 0.364. The minimum absolute atomic E-state index is 0.138. The first-order valence-corrected chi connectivity index (χ1v) is 9.04. The maximum absolute atomic E-state index is 12.7. The summed E-state index contributed by atoms with van der Waals surface area (Å²) in [4.78, 5) is 30.3. The topological polar surface area (TPSA) is 55.8 Å². The van der Waals surface area contributed by atoms with Crippen LogP contribution in [0.1, 0.15) is 32.8 Å². The van der Waals surface area contributed by atoms with Crippen LogP contribution in [0.15, 0.2) is 55.1 Å². The Balaban J connectivity index is 1.85. The fourth-order valence-corrected chi connectivity index (χ4v) is 3.35. The summed E-state index contributed by atoms with van der Waals surface area (Å²) in [7, 11) is 0. The lowest BCUT2D eigenvalue weighted by molar-refractivity contribution is -0.169. The van der Waals surface area contributed by atoms with Crippen LogP contribution in [0.5, 0.6) is 0 Å². The van der Waals surface area contributed by atoms with Crippen molar-refractivity contribution >= 4 is 22.8 Å². The lowest BCUT2D eigenvalue weighted by Gasteiger charge is -2.24. The number of carbonyl (C=O) groups excluding carboxylic acids is 2. The quantitative estimate of drug-likeness (QED) is 0.738. The molecular formula is C22H25NO4. The van der Waals surface area contributed by atoms with Gasteiger partial charge in [0.25, 0.3) is 0 Å². The fourth-order valence-electron chi connectivity index (χ4n) is 3.35. The van der Waals surface area contributed by atoms with E-state index in [0.29, 0.717) is 12.8 Å². The molecule has 0 saturated carbocycles. The van der Waals surface area contributed by atoms with Crippen LogP contribution < -0.4 is 0 Å². The van der Waals surface area contributed by atoms with E-state index in [0.717, 1.165) is 21.4 Å². The van der Waals surface area contributed by atoms with E-state index < -0.39 is 23.1 Å². The number of allylic oxidation sites excluding steroid dienone is 1. The van der Waals surface area contributed by atoms with Crippen LogP contribution in [-0.4, -0.2) is 29.3 Å². The molecule has 2 aromatic rings. The van der Waals surface area contributed by atoms with Gasteiger partial charge in [0, 0.05) is 0 Å². The molecule has 2 aromatic carbocycles. The van der Waals surface area contributed by atoms with Crippen molar-refractivity contribution in [3.8, 4) is 0 Å². The Morgan fingerprint density at radius 3 is 2.63 bits per heavy atom. The van der Waals surface area contributed by atoms with Crippen LogP contribution in [-0.2, 0) is 20.8 Å². The molecule has 0 spiro atoms. The Morgan fingerprint density at radius 1 is 1.26 bits per heavy atom. The van der Waals surface area contributed by atoms with Gasteiger partial charge < -0.3 is 9.57 Å². The zero-order valence-electron chi connectivity index (χ0n) is 16.0. The molecule has 1 fully saturated rings. The van der Waals surface area contributed by atoms with Gasteiger partial charge in [-0.2, -0.15) is 0 Å². The first kappa shape index (κ1) is 19.0. The summed E-state index contributed by atoms with van der Waals surface area (Å²) in [5.74, 6) is -0.429. The molecule has 0 aliphatic carbocycles. The number of fused-ring (bicyclic) bond motifs is 1. The molecule has 5 heteroatoms. The van der Waals surface area contributed by atoms with Gasteiger partial charge >= 0.3 is 12.1 Å². The molecule has 1 amide bonds. The standard InChI is InChI=1S/C22H25NO4/c1-5-12-22(14-16-10-11-17-8-6-7-9-18(17)13-16)15-23(27-19(22)24)20(25)26-21(2,3)4/h5-11,13H,1,12,14-15H2,2-4H3/t22-/m0/s1. The average Bonchev–Trinajstić information content (AvgIpc) is 2.90. The molecule has 27 heavy (non-hydrogen) atoms. The third kappa shape index (κ3) is 4.13. The Bertz CT molecular complexity index is 883. The zero-order chi connectivity index (χ0) is 19.7. The summed E-state index contributed by atoms with van der Waals surface area (Å²) in [5, 5.41) is 3.28. The monoisotopic (exact) mass is 367 g/mol. The highest BCUT2D eigenvalue weighted by atomic mass is 16.8. The molecule has 0 aromatic heterocycles. The van der Waals surface area contributed by atoms with E-state index in [4.69, 9.17) is 9.57 Å². The van der Waals surface area contributed by atoms with Gasteiger partial charge in [-0.3, -0.25) is 0 Å². The second kappa shape index (κ2) is 7.06. The maximum atomic E-state index is 12.7. The Kier molecular flexibility index (Phi) is 4.96.